The van der Waals surface area contributed by atoms with Gasteiger partial charge in [0.25, 0.3) is 5.91 Å². The number of nitrogens with zero attached hydrogens (tertiary/aromatic N) is 2. The number of amides is 1. The second-order valence-corrected chi connectivity index (χ2v) is 7.08. The van der Waals surface area contributed by atoms with Crippen molar-refractivity contribution < 1.29 is 9.18 Å². The average molecular weight is 374 g/mol. The van der Waals surface area contributed by atoms with Crippen LogP contribution in [0.25, 0.3) is 0 Å². The highest BCUT2D eigenvalue weighted by molar-refractivity contribution is 7.97. The molecule has 1 unspecified atom stereocenters. The van der Waals surface area contributed by atoms with Crippen LogP contribution in [0, 0.1) is 5.82 Å². The summed E-state index contributed by atoms with van der Waals surface area (Å²) in [6.07, 6.45) is 2.97. The second kappa shape index (κ2) is 9.04. The van der Waals surface area contributed by atoms with Crippen LogP contribution >= 0.6 is 24.2 Å². The van der Waals surface area contributed by atoms with E-state index in [2.05, 4.69) is 10.2 Å². The summed E-state index contributed by atoms with van der Waals surface area (Å²) in [6.45, 7) is 5.75. The van der Waals surface area contributed by atoms with Gasteiger partial charge in [0.2, 0.25) is 0 Å². The van der Waals surface area contributed by atoms with Gasteiger partial charge in [0.05, 0.1) is 0 Å². The van der Waals surface area contributed by atoms with Crippen molar-refractivity contribution >= 4 is 30.1 Å². The van der Waals surface area contributed by atoms with E-state index < -0.39 is 0 Å². The number of carbonyl (C=O) groups excluding carboxylic acids is 1. The number of nitrogens with one attached hydrogen (secondary N) is 1. The van der Waals surface area contributed by atoms with E-state index in [1.54, 1.807) is 23.9 Å². The number of carbonyl (C=O) groups is 1. The van der Waals surface area contributed by atoms with Gasteiger partial charge >= 0.3 is 0 Å². The standard InChI is InChI=1S/C17H24FN3OS.ClH/c1-23-12-14-10-13(2-3-16(14)18)17(22)21-7-4-15(11-21)20-8-5-19-6-9-20;/h2-3,10,15,19H,4-9,11-12H2,1H3;1H. The van der Waals surface area contributed by atoms with Gasteiger partial charge in [0, 0.05) is 56.6 Å². The molecule has 4 nitrogen and oxygen atoms in total. The Balaban J connectivity index is 0.00000208. The van der Waals surface area contributed by atoms with Gasteiger partial charge in [0.1, 0.15) is 5.82 Å². The van der Waals surface area contributed by atoms with E-state index in [-0.39, 0.29) is 24.1 Å². The Hall–Kier alpha value is -0.820. The maximum atomic E-state index is 13.8. The molecule has 134 valence electrons. The molecule has 0 spiro atoms. The lowest BCUT2D eigenvalue weighted by Gasteiger charge is -2.32. The van der Waals surface area contributed by atoms with Crippen LogP contribution < -0.4 is 5.32 Å². The predicted molar refractivity (Wildman–Crippen MR) is 99.6 cm³/mol. The fourth-order valence-corrected chi connectivity index (χ4v) is 3.96. The van der Waals surface area contributed by atoms with Gasteiger partial charge in [-0.3, -0.25) is 9.69 Å². The van der Waals surface area contributed by atoms with Crippen molar-refractivity contribution in [2.75, 3.05) is 45.5 Å². The number of halogens is 2. The smallest absolute Gasteiger partial charge is 0.253 e. The van der Waals surface area contributed by atoms with E-state index in [0.717, 1.165) is 45.7 Å². The Labute approximate surface area is 153 Å². The molecule has 0 aliphatic carbocycles. The zero-order valence-corrected chi connectivity index (χ0v) is 15.6. The van der Waals surface area contributed by atoms with E-state index in [9.17, 15) is 9.18 Å². The highest BCUT2D eigenvalue weighted by Crippen LogP contribution is 2.21. The van der Waals surface area contributed by atoms with Crippen molar-refractivity contribution in [3.05, 3.63) is 35.1 Å². The minimum absolute atomic E-state index is 0. The van der Waals surface area contributed by atoms with Crippen molar-refractivity contribution in [2.24, 2.45) is 0 Å². The highest BCUT2D eigenvalue weighted by atomic mass is 35.5. The highest BCUT2D eigenvalue weighted by Gasteiger charge is 2.31. The molecule has 2 aliphatic heterocycles. The zero-order chi connectivity index (χ0) is 16.2. The van der Waals surface area contributed by atoms with Gasteiger partial charge in [-0.05, 0) is 36.4 Å². The lowest BCUT2D eigenvalue weighted by Crippen LogP contribution is -2.49. The monoisotopic (exact) mass is 373 g/mol. The van der Waals surface area contributed by atoms with Crippen LogP contribution in [0.15, 0.2) is 18.2 Å². The molecule has 2 heterocycles. The van der Waals surface area contributed by atoms with Crippen molar-refractivity contribution in [1.29, 1.82) is 0 Å². The first-order valence-corrected chi connectivity index (χ1v) is 9.60. The van der Waals surface area contributed by atoms with Gasteiger partial charge in [-0.1, -0.05) is 0 Å². The van der Waals surface area contributed by atoms with Gasteiger partial charge in [0.15, 0.2) is 0 Å². The summed E-state index contributed by atoms with van der Waals surface area (Å²) in [5.74, 6) is 0.400. The van der Waals surface area contributed by atoms with E-state index >= 15 is 0 Å². The van der Waals surface area contributed by atoms with E-state index in [0.29, 0.717) is 22.9 Å². The largest absolute Gasteiger partial charge is 0.337 e. The molecule has 2 aliphatic rings. The molecule has 1 atom stereocenters. The third-order valence-corrected chi connectivity index (χ3v) is 5.31. The number of likely N-dealkylation sites (tertiary alicyclic amines) is 1. The van der Waals surface area contributed by atoms with E-state index in [4.69, 9.17) is 0 Å². The van der Waals surface area contributed by atoms with Crippen LogP contribution in [-0.4, -0.2) is 67.3 Å². The molecule has 1 amide bonds. The van der Waals surface area contributed by atoms with Crippen LogP contribution in [0.1, 0.15) is 22.3 Å². The van der Waals surface area contributed by atoms with Crippen molar-refractivity contribution in [3.8, 4) is 0 Å². The molecule has 1 aromatic rings. The third-order valence-electron chi connectivity index (χ3n) is 4.71. The fourth-order valence-electron chi connectivity index (χ4n) is 3.43. The minimum Gasteiger partial charge on any atom is -0.337 e. The molecule has 0 saturated carbocycles. The maximum Gasteiger partial charge on any atom is 0.253 e. The molecule has 7 heteroatoms. The number of hydrogen-bond acceptors (Lipinski definition) is 4. The van der Waals surface area contributed by atoms with E-state index in [1.807, 2.05) is 11.2 Å². The molecule has 1 N–H and O–H groups in total. The molecule has 1 aromatic carbocycles. The van der Waals surface area contributed by atoms with Crippen LogP contribution in [0.2, 0.25) is 0 Å². The SMILES string of the molecule is CSCc1cc(C(=O)N2CCC(N3CCNCC3)C2)ccc1F.Cl. The van der Waals surface area contributed by atoms with E-state index in [1.165, 1.54) is 6.07 Å². The molecule has 3 rings (SSSR count). The van der Waals surface area contributed by atoms with Crippen molar-refractivity contribution in [2.45, 2.75) is 18.2 Å². The Morgan fingerprint density at radius 2 is 2.08 bits per heavy atom. The lowest BCUT2D eigenvalue weighted by atomic mass is 10.1. The molecule has 0 radical (unpaired) electrons. The summed E-state index contributed by atoms with van der Waals surface area (Å²) in [7, 11) is 0. The topological polar surface area (TPSA) is 35.6 Å². The second-order valence-electron chi connectivity index (χ2n) is 6.22. The number of benzene rings is 1. The first-order valence-electron chi connectivity index (χ1n) is 8.20. The van der Waals surface area contributed by atoms with Crippen LogP contribution in [0.5, 0.6) is 0 Å². The van der Waals surface area contributed by atoms with Gasteiger partial charge in [-0.25, -0.2) is 4.39 Å². The normalized spacial score (nSPS) is 21.6. The zero-order valence-electron chi connectivity index (χ0n) is 14.0. The quantitative estimate of drug-likeness (QED) is 0.878. The summed E-state index contributed by atoms with van der Waals surface area (Å²) < 4.78 is 13.8. The third kappa shape index (κ3) is 4.42. The number of hydrogen-bond donors (Lipinski definition) is 1. The van der Waals surface area contributed by atoms with Crippen molar-refractivity contribution in [1.82, 2.24) is 15.1 Å². The number of piperazine rings is 1. The molecular weight excluding hydrogens is 349 g/mol. The summed E-state index contributed by atoms with van der Waals surface area (Å²) in [5, 5.41) is 3.36. The molecular formula is C17H25ClFN3OS. The summed E-state index contributed by atoms with van der Waals surface area (Å²) in [5.41, 5.74) is 1.22. The fraction of sp³-hybridized carbons (Fsp3) is 0.588. The number of rotatable bonds is 4. The first-order chi connectivity index (χ1) is 11.2. The van der Waals surface area contributed by atoms with Crippen molar-refractivity contribution in [3.63, 3.8) is 0 Å². The summed E-state index contributed by atoms with van der Waals surface area (Å²) >= 11 is 1.56. The minimum atomic E-state index is -0.226. The van der Waals surface area contributed by atoms with Gasteiger partial charge < -0.3 is 10.2 Å². The van der Waals surface area contributed by atoms with Gasteiger partial charge in [-0.15, -0.1) is 12.4 Å². The first kappa shape index (κ1) is 19.5. The predicted octanol–water partition coefficient (Wildman–Crippen LogP) is 2.23. The Morgan fingerprint density at radius 1 is 1.33 bits per heavy atom. The lowest BCUT2D eigenvalue weighted by molar-refractivity contribution is 0.0773. The van der Waals surface area contributed by atoms with Crippen LogP contribution in [-0.2, 0) is 5.75 Å². The Bertz CT molecular complexity index is 569. The Morgan fingerprint density at radius 3 is 2.79 bits per heavy atom. The maximum absolute atomic E-state index is 13.8. The molecule has 24 heavy (non-hydrogen) atoms. The summed E-state index contributed by atoms with van der Waals surface area (Å²) in [6, 6.07) is 5.21. The molecule has 2 fully saturated rings. The summed E-state index contributed by atoms with van der Waals surface area (Å²) in [4.78, 5) is 17.1. The van der Waals surface area contributed by atoms with Crippen LogP contribution in [0.4, 0.5) is 4.39 Å². The van der Waals surface area contributed by atoms with Gasteiger partial charge in [-0.2, -0.15) is 11.8 Å². The van der Waals surface area contributed by atoms with Crippen LogP contribution in [0.3, 0.4) is 0 Å². The Kier molecular flexibility index (Phi) is 7.34. The average Bonchev–Trinajstić information content (AvgIpc) is 3.07. The number of thioether (sulfide) groups is 1. The molecule has 0 aromatic heterocycles. The molecule has 2 saturated heterocycles. The molecule has 0 bridgehead atoms.